The van der Waals surface area contributed by atoms with Gasteiger partial charge in [0.1, 0.15) is 23.0 Å². The molecule has 1 N–H and O–H groups in total. The zero-order valence-corrected chi connectivity index (χ0v) is 16.6. The van der Waals surface area contributed by atoms with Crippen molar-refractivity contribution in [3.63, 3.8) is 0 Å². The summed E-state index contributed by atoms with van der Waals surface area (Å²) in [6.07, 6.45) is 0. The molecule has 6 nitrogen and oxygen atoms in total. The van der Waals surface area contributed by atoms with Gasteiger partial charge in [-0.05, 0) is 55.5 Å². The summed E-state index contributed by atoms with van der Waals surface area (Å²) in [4.78, 5) is 0.179. The molecule has 146 valence electrons. The Morgan fingerprint density at radius 1 is 0.750 bits per heavy atom. The summed E-state index contributed by atoms with van der Waals surface area (Å²) in [5.74, 6) is 2.21. The van der Waals surface area contributed by atoms with Gasteiger partial charge in [-0.1, -0.05) is 17.7 Å². The minimum absolute atomic E-state index is 0.179. The Bertz CT molecular complexity index is 1050. The maximum absolute atomic E-state index is 12.6. The molecule has 0 amide bonds. The smallest absolute Gasteiger partial charge is 0.262 e. The Morgan fingerprint density at radius 3 is 1.96 bits per heavy atom. The second-order valence-electron chi connectivity index (χ2n) is 6.06. The van der Waals surface area contributed by atoms with Crippen LogP contribution in [0.5, 0.6) is 23.0 Å². The molecule has 0 aliphatic heterocycles. The number of ether oxygens (including phenoxy) is 3. The molecule has 0 unspecified atom stereocenters. The molecule has 3 aromatic rings. The van der Waals surface area contributed by atoms with Gasteiger partial charge in [0, 0.05) is 6.07 Å². The third-order valence-electron chi connectivity index (χ3n) is 4.04. The number of anilines is 1. The van der Waals surface area contributed by atoms with E-state index in [0.29, 0.717) is 22.9 Å². The predicted molar refractivity (Wildman–Crippen MR) is 108 cm³/mol. The molecule has 0 aliphatic carbocycles. The maximum Gasteiger partial charge on any atom is 0.262 e. The highest BCUT2D eigenvalue weighted by Gasteiger charge is 2.17. The van der Waals surface area contributed by atoms with Gasteiger partial charge in [0.05, 0.1) is 24.8 Å². The van der Waals surface area contributed by atoms with Crippen molar-refractivity contribution in [1.82, 2.24) is 0 Å². The third kappa shape index (κ3) is 4.55. The number of nitrogens with one attached hydrogen (secondary N) is 1. The molecule has 0 radical (unpaired) electrons. The summed E-state index contributed by atoms with van der Waals surface area (Å²) in [6, 6.07) is 18.6. The second-order valence-corrected chi connectivity index (χ2v) is 7.74. The zero-order valence-electron chi connectivity index (χ0n) is 15.8. The molecule has 0 heterocycles. The van der Waals surface area contributed by atoms with Crippen molar-refractivity contribution in [3.8, 4) is 23.0 Å². The van der Waals surface area contributed by atoms with Crippen LogP contribution < -0.4 is 18.9 Å². The van der Waals surface area contributed by atoms with Crippen molar-refractivity contribution in [2.75, 3.05) is 18.9 Å². The van der Waals surface area contributed by atoms with Crippen LogP contribution in [0.25, 0.3) is 0 Å². The first-order valence-corrected chi connectivity index (χ1v) is 9.99. The molecule has 0 aliphatic rings. The van der Waals surface area contributed by atoms with Gasteiger partial charge in [-0.2, -0.15) is 0 Å². The topological polar surface area (TPSA) is 73.9 Å². The molecule has 0 saturated heterocycles. The molecule has 0 bridgehead atoms. The highest BCUT2D eigenvalue weighted by molar-refractivity contribution is 7.92. The van der Waals surface area contributed by atoms with Crippen molar-refractivity contribution >= 4 is 15.7 Å². The third-order valence-corrected chi connectivity index (χ3v) is 5.43. The average molecular weight is 399 g/mol. The minimum Gasteiger partial charge on any atom is -0.497 e. The summed E-state index contributed by atoms with van der Waals surface area (Å²) < 4.78 is 44.0. The lowest BCUT2D eigenvalue weighted by atomic mass is 10.2. The molecule has 0 fully saturated rings. The Labute approximate surface area is 164 Å². The van der Waals surface area contributed by atoms with Crippen LogP contribution in [0.1, 0.15) is 5.56 Å². The van der Waals surface area contributed by atoms with Gasteiger partial charge in [-0.15, -0.1) is 0 Å². The van der Waals surface area contributed by atoms with Crippen LogP contribution in [0.15, 0.2) is 71.6 Å². The highest BCUT2D eigenvalue weighted by atomic mass is 32.2. The Kier molecular flexibility index (Phi) is 5.75. The van der Waals surface area contributed by atoms with Gasteiger partial charge in [0.2, 0.25) is 0 Å². The first-order valence-electron chi connectivity index (χ1n) is 8.51. The molecule has 0 saturated carbocycles. The number of hydrogen-bond donors (Lipinski definition) is 1. The number of benzene rings is 3. The molecule has 28 heavy (non-hydrogen) atoms. The van der Waals surface area contributed by atoms with Gasteiger partial charge in [0.15, 0.2) is 0 Å². The average Bonchev–Trinajstić information content (AvgIpc) is 2.70. The van der Waals surface area contributed by atoms with Crippen molar-refractivity contribution in [3.05, 3.63) is 72.3 Å². The van der Waals surface area contributed by atoms with Crippen molar-refractivity contribution in [2.45, 2.75) is 11.8 Å². The van der Waals surface area contributed by atoms with E-state index in [4.69, 9.17) is 14.2 Å². The summed E-state index contributed by atoms with van der Waals surface area (Å²) in [5, 5.41) is 0. The van der Waals surface area contributed by atoms with Crippen LogP contribution in [0, 0.1) is 6.92 Å². The Balaban J connectivity index is 1.81. The lowest BCUT2D eigenvalue weighted by Gasteiger charge is -2.14. The quantitative estimate of drug-likeness (QED) is 0.628. The van der Waals surface area contributed by atoms with E-state index in [2.05, 4.69) is 4.72 Å². The molecule has 3 rings (SSSR count). The Morgan fingerprint density at radius 2 is 1.36 bits per heavy atom. The number of hydrogen-bond acceptors (Lipinski definition) is 5. The van der Waals surface area contributed by atoms with E-state index >= 15 is 0 Å². The fourth-order valence-electron chi connectivity index (χ4n) is 2.52. The molecule has 0 aromatic heterocycles. The number of sulfonamides is 1. The van der Waals surface area contributed by atoms with Crippen LogP contribution in [-0.4, -0.2) is 22.6 Å². The van der Waals surface area contributed by atoms with Crippen molar-refractivity contribution < 1.29 is 22.6 Å². The first kappa shape index (κ1) is 19.6. The highest BCUT2D eigenvalue weighted by Crippen LogP contribution is 2.33. The maximum atomic E-state index is 12.6. The van der Waals surface area contributed by atoms with Crippen LogP contribution in [-0.2, 0) is 10.0 Å². The van der Waals surface area contributed by atoms with E-state index in [9.17, 15) is 8.42 Å². The van der Waals surface area contributed by atoms with E-state index in [1.54, 1.807) is 73.8 Å². The van der Waals surface area contributed by atoms with Gasteiger partial charge < -0.3 is 14.2 Å². The van der Waals surface area contributed by atoms with Gasteiger partial charge in [-0.3, -0.25) is 4.72 Å². The lowest BCUT2D eigenvalue weighted by Crippen LogP contribution is -2.13. The normalized spacial score (nSPS) is 11.0. The van der Waals surface area contributed by atoms with Gasteiger partial charge in [-0.25, -0.2) is 8.42 Å². The fourth-order valence-corrected chi connectivity index (χ4v) is 3.59. The number of aryl methyl sites for hydroxylation is 1. The van der Waals surface area contributed by atoms with Crippen LogP contribution in [0.4, 0.5) is 5.69 Å². The molecular formula is C21H21NO5S. The van der Waals surface area contributed by atoms with E-state index in [0.717, 1.165) is 11.3 Å². The first-order chi connectivity index (χ1) is 13.4. The summed E-state index contributed by atoms with van der Waals surface area (Å²) in [7, 11) is -0.664. The standard InChI is InChI=1S/C21H21NO5S/c1-15-4-11-19(12-5-15)28(23,24)22-20-13-10-18(14-21(20)26-3)27-17-8-6-16(25-2)7-9-17/h4-14,22H,1-3H3. The molecular weight excluding hydrogens is 378 g/mol. The minimum atomic E-state index is -3.73. The predicted octanol–water partition coefficient (Wildman–Crippen LogP) is 4.61. The molecule has 7 heteroatoms. The van der Waals surface area contributed by atoms with Gasteiger partial charge in [0.25, 0.3) is 10.0 Å². The molecule has 0 atom stereocenters. The molecule has 0 spiro atoms. The zero-order chi connectivity index (χ0) is 20.1. The van der Waals surface area contributed by atoms with Crippen molar-refractivity contribution in [1.29, 1.82) is 0 Å². The monoisotopic (exact) mass is 399 g/mol. The fraction of sp³-hybridized carbons (Fsp3) is 0.143. The Hall–Kier alpha value is -3.19. The summed E-state index contributed by atoms with van der Waals surface area (Å²) >= 11 is 0. The molecule has 3 aromatic carbocycles. The summed E-state index contributed by atoms with van der Waals surface area (Å²) in [6.45, 7) is 1.90. The lowest BCUT2D eigenvalue weighted by molar-refractivity contribution is 0.408. The van der Waals surface area contributed by atoms with Crippen molar-refractivity contribution in [2.24, 2.45) is 0 Å². The SMILES string of the molecule is COc1ccc(Oc2ccc(NS(=O)(=O)c3ccc(C)cc3)c(OC)c2)cc1. The van der Waals surface area contributed by atoms with Gasteiger partial charge >= 0.3 is 0 Å². The van der Waals surface area contributed by atoms with Crippen LogP contribution >= 0.6 is 0 Å². The van der Waals surface area contributed by atoms with E-state index in [-0.39, 0.29) is 4.90 Å². The van der Waals surface area contributed by atoms with E-state index < -0.39 is 10.0 Å². The van der Waals surface area contributed by atoms with Crippen LogP contribution in [0.3, 0.4) is 0 Å². The second kappa shape index (κ2) is 8.22. The van der Waals surface area contributed by atoms with E-state index in [1.165, 1.54) is 7.11 Å². The largest absolute Gasteiger partial charge is 0.497 e. The summed E-state index contributed by atoms with van der Waals surface area (Å²) in [5.41, 5.74) is 1.31. The number of methoxy groups -OCH3 is 2. The van der Waals surface area contributed by atoms with E-state index in [1.807, 2.05) is 6.92 Å². The number of rotatable bonds is 7. The van der Waals surface area contributed by atoms with Crippen LogP contribution in [0.2, 0.25) is 0 Å².